The van der Waals surface area contributed by atoms with Crippen molar-refractivity contribution in [2.24, 2.45) is 11.7 Å². The molecule has 0 aliphatic carbocycles. The van der Waals surface area contributed by atoms with Crippen molar-refractivity contribution in [2.45, 2.75) is 38.3 Å². The van der Waals surface area contributed by atoms with E-state index in [1.54, 1.807) is 0 Å². The molecule has 5 nitrogen and oxygen atoms in total. The highest BCUT2D eigenvalue weighted by Crippen LogP contribution is 2.24. The second-order valence-corrected chi connectivity index (χ2v) is 7.82. The first-order chi connectivity index (χ1) is 13.6. The Balaban J connectivity index is 1.47. The van der Waals surface area contributed by atoms with Crippen LogP contribution in [0.25, 0.3) is 0 Å². The van der Waals surface area contributed by atoms with E-state index in [9.17, 15) is 4.79 Å². The van der Waals surface area contributed by atoms with Crippen LogP contribution < -0.4 is 5.73 Å². The number of carbonyl (C=O) groups excluding carboxylic acids is 1. The summed E-state index contributed by atoms with van der Waals surface area (Å²) >= 11 is 0. The van der Waals surface area contributed by atoms with E-state index in [-0.39, 0.29) is 17.9 Å². The van der Waals surface area contributed by atoms with E-state index < -0.39 is 0 Å². The normalized spacial score (nSPS) is 17.8. The molecule has 1 saturated heterocycles. The van der Waals surface area contributed by atoms with Gasteiger partial charge in [-0.05, 0) is 30.5 Å². The van der Waals surface area contributed by atoms with Gasteiger partial charge in [0.25, 0.3) is 0 Å². The third kappa shape index (κ3) is 5.18. The topological polar surface area (TPSA) is 62.5 Å². The third-order valence-electron chi connectivity index (χ3n) is 5.98. The number of hydrogen-bond acceptors (Lipinski definition) is 4. The van der Waals surface area contributed by atoms with Crippen molar-refractivity contribution in [1.82, 2.24) is 14.8 Å². The molecule has 0 radical (unpaired) electrons. The molecule has 1 aromatic heterocycles. The summed E-state index contributed by atoms with van der Waals surface area (Å²) in [5.41, 5.74) is 8.52. The van der Waals surface area contributed by atoms with Crippen LogP contribution in [-0.2, 0) is 11.2 Å². The molecular formula is C23H32N4O. The van der Waals surface area contributed by atoms with E-state index in [0.717, 1.165) is 50.2 Å². The summed E-state index contributed by atoms with van der Waals surface area (Å²) < 4.78 is 0. The quantitative estimate of drug-likeness (QED) is 0.802. The van der Waals surface area contributed by atoms with Crippen molar-refractivity contribution in [2.75, 3.05) is 26.7 Å². The van der Waals surface area contributed by atoms with Crippen molar-refractivity contribution >= 4 is 5.91 Å². The van der Waals surface area contributed by atoms with E-state index in [2.05, 4.69) is 16.0 Å². The van der Waals surface area contributed by atoms with Crippen LogP contribution >= 0.6 is 0 Å². The van der Waals surface area contributed by atoms with Gasteiger partial charge in [0.1, 0.15) is 0 Å². The van der Waals surface area contributed by atoms with Gasteiger partial charge < -0.3 is 15.5 Å². The van der Waals surface area contributed by atoms with Crippen LogP contribution in [0.2, 0.25) is 0 Å². The Hall–Kier alpha value is -2.24. The van der Waals surface area contributed by atoms with Gasteiger partial charge in [-0.1, -0.05) is 43.3 Å². The highest BCUT2D eigenvalue weighted by atomic mass is 16.2. The molecule has 2 aromatic rings. The van der Waals surface area contributed by atoms with Gasteiger partial charge in [0, 0.05) is 57.1 Å². The van der Waals surface area contributed by atoms with Crippen molar-refractivity contribution in [3.8, 4) is 0 Å². The SMILES string of the molecule is CC(C(=O)N(C)C1CCN(CCc2ccccn2)CC1)C(N)c1ccccc1. The number of nitrogens with zero attached hydrogens (tertiary/aromatic N) is 3. The lowest BCUT2D eigenvalue weighted by atomic mass is 9.93. The Labute approximate surface area is 168 Å². The zero-order chi connectivity index (χ0) is 19.9. The summed E-state index contributed by atoms with van der Waals surface area (Å²) in [5, 5.41) is 0. The van der Waals surface area contributed by atoms with Crippen LogP contribution in [0.4, 0.5) is 0 Å². The van der Waals surface area contributed by atoms with Crippen molar-refractivity contribution in [1.29, 1.82) is 0 Å². The van der Waals surface area contributed by atoms with Crippen LogP contribution in [0, 0.1) is 5.92 Å². The predicted octanol–water partition coefficient (Wildman–Crippen LogP) is 2.88. The minimum atomic E-state index is -0.269. The van der Waals surface area contributed by atoms with Crippen LogP contribution in [0.1, 0.15) is 37.1 Å². The fourth-order valence-corrected chi connectivity index (χ4v) is 3.97. The first-order valence-electron chi connectivity index (χ1n) is 10.3. The van der Waals surface area contributed by atoms with Gasteiger partial charge in [0.05, 0.1) is 5.92 Å². The second-order valence-electron chi connectivity index (χ2n) is 7.82. The van der Waals surface area contributed by atoms with Gasteiger partial charge in [-0.2, -0.15) is 0 Å². The van der Waals surface area contributed by atoms with Crippen LogP contribution in [0.3, 0.4) is 0 Å². The summed E-state index contributed by atoms with van der Waals surface area (Å²) in [4.78, 5) is 21.8. The zero-order valence-corrected chi connectivity index (χ0v) is 17.0. The van der Waals surface area contributed by atoms with Gasteiger partial charge in [0.2, 0.25) is 5.91 Å². The highest BCUT2D eigenvalue weighted by Gasteiger charge is 2.30. The molecule has 1 amide bonds. The van der Waals surface area contributed by atoms with Gasteiger partial charge in [-0.15, -0.1) is 0 Å². The van der Waals surface area contributed by atoms with E-state index in [1.165, 1.54) is 0 Å². The Morgan fingerprint density at radius 1 is 1.18 bits per heavy atom. The fourth-order valence-electron chi connectivity index (χ4n) is 3.97. The molecular weight excluding hydrogens is 348 g/mol. The van der Waals surface area contributed by atoms with E-state index in [0.29, 0.717) is 6.04 Å². The number of carbonyl (C=O) groups is 1. The average molecular weight is 381 g/mol. The molecule has 3 rings (SSSR count). The lowest BCUT2D eigenvalue weighted by Crippen LogP contribution is -2.48. The summed E-state index contributed by atoms with van der Waals surface area (Å²) in [6, 6.07) is 16.0. The highest BCUT2D eigenvalue weighted by molar-refractivity contribution is 5.79. The maximum absolute atomic E-state index is 13.0. The van der Waals surface area contributed by atoms with Crippen molar-refractivity contribution in [3.05, 3.63) is 66.0 Å². The second kappa shape index (κ2) is 9.80. The minimum absolute atomic E-state index is 0.142. The number of piperidine rings is 1. The van der Waals surface area contributed by atoms with Crippen LogP contribution in [0.15, 0.2) is 54.7 Å². The standard InChI is InChI=1S/C23H32N4O/c1-18(22(24)19-8-4-3-5-9-19)23(28)26(2)21-12-16-27(17-13-21)15-11-20-10-6-7-14-25-20/h3-10,14,18,21-22H,11-13,15-17,24H2,1-2H3. The number of rotatable bonds is 7. The predicted molar refractivity (Wildman–Crippen MR) is 113 cm³/mol. The molecule has 1 aromatic carbocycles. The number of aromatic nitrogens is 1. The molecule has 2 unspecified atom stereocenters. The summed E-state index contributed by atoms with van der Waals surface area (Å²) in [7, 11) is 1.94. The lowest BCUT2D eigenvalue weighted by molar-refractivity contribution is -0.137. The Morgan fingerprint density at radius 2 is 1.86 bits per heavy atom. The molecule has 150 valence electrons. The minimum Gasteiger partial charge on any atom is -0.342 e. The number of pyridine rings is 1. The monoisotopic (exact) mass is 380 g/mol. The van der Waals surface area contributed by atoms with Gasteiger partial charge in [-0.3, -0.25) is 9.78 Å². The summed E-state index contributed by atoms with van der Waals surface area (Å²) in [5.74, 6) is -0.0853. The van der Waals surface area contributed by atoms with E-state index in [4.69, 9.17) is 5.73 Å². The molecule has 1 fully saturated rings. The van der Waals surface area contributed by atoms with Gasteiger partial charge >= 0.3 is 0 Å². The maximum Gasteiger partial charge on any atom is 0.227 e. The molecule has 0 saturated carbocycles. The Bertz CT molecular complexity index is 729. The molecule has 1 aliphatic rings. The molecule has 1 aliphatic heterocycles. The number of nitrogens with two attached hydrogens (primary N) is 1. The largest absolute Gasteiger partial charge is 0.342 e. The van der Waals surface area contributed by atoms with Crippen LogP contribution in [-0.4, -0.2) is 53.4 Å². The number of amides is 1. The smallest absolute Gasteiger partial charge is 0.227 e. The van der Waals surface area contributed by atoms with E-state index in [1.807, 2.05) is 67.5 Å². The van der Waals surface area contributed by atoms with Crippen molar-refractivity contribution < 1.29 is 4.79 Å². The Morgan fingerprint density at radius 3 is 2.50 bits per heavy atom. The molecule has 2 atom stereocenters. The molecule has 28 heavy (non-hydrogen) atoms. The molecule has 0 spiro atoms. The molecule has 2 heterocycles. The van der Waals surface area contributed by atoms with Crippen molar-refractivity contribution in [3.63, 3.8) is 0 Å². The average Bonchev–Trinajstić information content (AvgIpc) is 2.77. The molecule has 2 N–H and O–H groups in total. The summed E-state index contributed by atoms with van der Waals surface area (Å²) in [6.45, 7) is 5.01. The first-order valence-corrected chi connectivity index (χ1v) is 10.3. The molecule has 0 bridgehead atoms. The number of likely N-dealkylation sites (tertiary alicyclic amines) is 1. The van der Waals surface area contributed by atoms with E-state index >= 15 is 0 Å². The summed E-state index contributed by atoms with van der Waals surface area (Å²) in [6.07, 6.45) is 4.85. The zero-order valence-electron chi connectivity index (χ0n) is 17.0. The fraction of sp³-hybridized carbons (Fsp3) is 0.478. The maximum atomic E-state index is 13.0. The van der Waals surface area contributed by atoms with Crippen LogP contribution in [0.5, 0.6) is 0 Å². The third-order valence-corrected chi connectivity index (χ3v) is 5.98. The lowest BCUT2D eigenvalue weighted by Gasteiger charge is -2.38. The number of benzene rings is 1. The number of hydrogen-bond donors (Lipinski definition) is 1. The van der Waals surface area contributed by atoms with Gasteiger partial charge in [0.15, 0.2) is 0 Å². The molecule has 5 heteroatoms. The van der Waals surface area contributed by atoms with Gasteiger partial charge in [-0.25, -0.2) is 0 Å². The Kier molecular flexibility index (Phi) is 7.18. The first kappa shape index (κ1) is 20.5.